The van der Waals surface area contributed by atoms with Gasteiger partial charge in [0.25, 0.3) is 5.91 Å². The van der Waals surface area contributed by atoms with Gasteiger partial charge in [-0.2, -0.15) is 13.2 Å². The molecular formula is C21H22F4N6O. The molecule has 1 saturated heterocycles. The highest BCUT2D eigenvalue weighted by molar-refractivity contribution is 6.07. The minimum absolute atomic E-state index is 0.177. The topological polar surface area (TPSA) is 80.3 Å². The summed E-state index contributed by atoms with van der Waals surface area (Å²) >= 11 is 0. The minimum Gasteiger partial charge on any atom is -0.345 e. The Morgan fingerprint density at radius 3 is 2.41 bits per heavy atom. The van der Waals surface area contributed by atoms with Crippen LogP contribution in [-0.4, -0.2) is 57.6 Å². The van der Waals surface area contributed by atoms with Gasteiger partial charge in [-0.3, -0.25) is 4.79 Å². The minimum atomic E-state index is -4.49. The van der Waals surface area contributed by atoms with E-state index in [0.717, 1.165) is 12.4 Å². The van der Waals surface area contributed by atoms with Crippen LogP contribution < -0.4 is 10.6 Å². The summed E-state index contributed by atoms with van der Waals surface area (Å²) in [5.74, 6) is -0.405. The second kappa shape index (κ2) is 8.38. The lowest BCUT2D eigenvalue weighted by Gasteiger charge is -2.34. The van der Waals surface area contributed by atoms with E-state index in [1.165, 1.54) is 12.1 Å². The molecule has 2 aromatic heterocycles. The summed E-state index contributed by atoms with van der Waals surface area (Å²) in [6.07, 6.45) is -1.28. The maximum absolute atomic E-state index is 13.8. The van der Waals surface area contributed by atoms with Gasteiger partial charge >= 0.3 is 6.18 Å². The number of hydrogen-bond acceptors (Lipinski definition) is 5. The zero-order chi connectivity index (χ0) is 23.0. The van der Waals surface area contributed by atoms with Crippen LogP contribution in [0.4, 0.5) is 23.5 Å². The Labute approximate surface area is 181 Å². The van der Waals surface area contributed by atoms with Crippen molar-refractivity contribution >= 4 is 22.8 Å². The number of benzene rings is 1. The fourth-order valence-corrected chi connectivity index (χ4v) is 3.81. The van der Waals surface area contributed by atoms with Gasteiger partial charge in [0, 0.05) is 62.7 Å². The van der Waals surface area contributed by atoms with E-state index in [0.29, 0.717) is 49.2 Å². The predicted octanol–water partition coefficient (Wildman–Crippen LogP) is 2.90. The lowest BCUT2D eigenvalue weighted by Crippen LogP contribution is -2.49. The number of rotatable bonds is 4. The third kappa shape index (κ3) is 4.38. The van der Waals surface area contributed by atoms with Crippen LogP contribution in [-0.2, 0) is 12.7 Å². The van der Waals surface area contributed by atoms with Crippen LogP contribution >= 0.6 is 0 Å². The van der Waals surface area contributed by atoms with E-state index >= 15 is 0 Å². The smallest absolute Gasteiger partial charge is 0.345 e. The zero-order valence-electron chi connectivity index (χ0n) is 17.3. The Morgan fingerprint density at radius 2 is 1.81 bits per heavy atom. The average Bonchev–Trinajstić information content (AvgIpc) is 3.09. The molecule has 3 aromatic rings. The molecule has 1 aliphatic rings. The van der Waals surface area contributed by atoms with Crippen molar-refractivity contribution in [2.45, 2.75) is 25.7 Å². The van der Waals surface area contributed by atoms with Gasteiger partial charge in [0.1, 0.15) is 5.82 Å². The van der Waals surface area contributed by atoms with Crippen molar-refractivity contribution in [1.29, 1.82) is 0 Å². The summed E-state index contributed by atoms with van der Waals surface area (Å²) < 4.78 is 53.7. The fraction of sp³-hybridized carbons (Fsp3) is 0.381. The largest absolute Gasteiger partial charge is 0.419 e. The Morgan fingerprint density at radius 1 is 1.16 bits per heavy atom. The van der Waals surface area contributed by atoms with Gasteiger partial charge in [-0.1, -0.05) is 0 Å². The molecule has 170 valence electrons. The van der Waals surface area contributed by atoms with Crippen molar-refractivity contribution in [3.05, 3.63) is 53.7 Å². The maximum Gasteiger partial charge on any atom is 0.419 e. The molecule has 1 fully saturated rings. The molecule has 3 heterocycles. The van der Waals surface area contributed by atoms with Crippen molar-refractivity contribution in [3.63, 3.8) is 0 Å². The van der Waals surface area contributed by atoms with Crippen LogP contribution in [0.5, 0.6) is 0 Å². The second-order valence-electron chi connectivity index (χ2n) is 7.88. The van der Waals surface area contributed by atoms with Crippen molar-refractivity contribution in [2.24, 2.45) is 5.73 Å². The first-order valence-electron chi connectivity index (χ1n) is 10.1. The van der Waals surface area contributed by atoms with Crippen LogP contribution in [0.1, 0.15) is 22.8 Å². The van der Waals surface area contributed by atoms with E-state index in [9.17, 15) is 22.4 Å². The lowest BCUT2D eigenvalue weighted by molar-refractivity contribution is -0.138. The van der Waals surface area contributed by atoms with Gasteiger partial charge in [-0.05, 0) is 25.1 Å². The van der Waals surface area contributed by atoms with E-state index in [4.69, 9.17) is 5.73 Å². The molecule has 1 amide bonds. The Hall–Kier alpha value is -3.21. The summed E-state index contributed by atoms with van der Waals surface area (Å²) in [6, 6.07) is 4.11. The first-order chi connectivity index (χ1) is 15.1. The number of piperazine rings is 1. The Bertz CT molecular complexity index is 1120. The monoisotopic (exact) mass is 450 g/mol. The molecule has 7 nitrogen and oxygen atoms in total. The van der Waals surface area contributed by atoms with E-state index in [2.05, 4.69) is 9.97 Å². The predicted molar refractivity (Wildman–Crippen MR) is 111 cm³/mol. The van der Waals surface area contributed by atoms with Crippen LogP contribution in [0.3, 0.4) is 0 Å². The van der Waals surface area contributed by atoms with Crippen molar-refractivity contribution in [3.8, 4) is 0 Å². The van der Waals surface area contributed by atoms with Crippen LogP contribution in [0.2, 0.25) is 0 Å². The number of halogens is 4. The number of alkyl halides is 3. The number of nitrogens with two attached hydrogens (primary N) is 1. The van der Waals surface area contributed by atoms with Crippen LogP contribution in [0.25, 0.3) is 10.9 Å². The van der Waals surface area contributed by atoms with Crippen molar-refractivity contribution in [1.82, 2.24) is 19.4 Å². The van der Waals surface area contributed by atoms with Crippen LogP contribution in [0, 0.1) is 5.82 Å². The highest BCUT2D eigenvalue weighted by Gasteiger charge is 2.32. The SMILES string of the molecule is C[C@H](N)Cn1cc(C(=O)N2CCN(c3ncc(C(F)(F)F)cn3)CC2)c2ccc(F)cc21. The molecule has 2 N–H and O–H groups in total. The van der Waals surface area contributed by atoms with Gasteiger partial charge in [-0.15, -0.1) is 0 Å². The highest BCUT2D eigenvalue weighted by Crippen LogP contribution is 2.29. The zero-order valence-corrected chi connectivity index (χ0v) is 17.3. The van der Waals surface area contributed by atoms with E-state index < -0.39 is 17.6 Å². The molecule has 0 radical (unpaired) electrons. The molecular weight excluding hydrogens is 428 g/mol. The second-order valence-corrected chi connectivity index (χ2v) is 7.88. The third-order valence-electron chi connectivity index (χ3n) is 5.37. The number of hydrogen-bond donors (Lipinski definition) is 1. The molecule has 1 atom stereocenters. The molecule has 1 aromatic carbocycles. The van der Waals surface area contributed by atoms with Crippen molar-refractivity contribution < 1.29 is 22.4 Å². The van der Waals surface area contributed by atoms with E-state index in [1.807, 2.05) is 6.92 Å². The summed E-state index contributed by atoms with van der Waals surface area (Å²) in [6.45, 7) is 3.73. The number of amides is 1. The summed E-state index contributed by atoms with van der Waals surface area (Å²) in [4.78, 5) is 24.2. The molecule has 0 saturated carbocycles. The summed E-state index contributed by atoms with van der Waals surface area (Å²) in [7, 11) is 0. The first-order valence-corrected chi connectivity index (χ1v) is 10.1. The summed E-state index contributed by atoms with van der Waals surface area (Å²) in [5, 5.41) is 0.644. The molecule has 0 bridgehead atoms. The third-order valence-corrected chi connectivity index (χ3v) is 5.37. The number of nitrogens with zero attached hydrogens (tertiary/aromatic N) is 5. The lowest BCUT2D eigenvalue weighted by atomic mass is 10.1. The molecule has 32 heavy (non-hydrogen) atoms. The quantitative estimate of drug-likeness (QED) is 0.619. The molecule has 0 spiro atoms. The Balaban J connectivity index is 1.49. The normalized spacial score (nSPS) is 15.9. The van der Waals surface area contributed by atoms with Gasteiger partial charge < -0.3 is 20.1 Å². The fourth-order valence-electron chi connectivity index (χ4n) is 3.81. The molecule has 1 aliphatic heterocycles. The molecule has 0 aliphatic carbocycles. The number of fused-ring (bicyclic) bond motifs is 1. The summed E-state index contributed by atoms with van der Waals surface area (Å²) in [5.41, 5.74) is 6.05. The van der Waals surface area contributed by atoms with E-state index in [1.54, 1.807) is 26.6 Å². The number of carbonyl (C=O) groups excluding carboxylic acids is 1. The van der Waals surface area contributed by atoms with Gasteiger partial charge in [0.05, 0.1) is 16.6 Å². The highest BCUT2D eigenvalue weighted by atomic mass is 19.4. The maximum atomic E-state index is 13.8. The molecule has 4 rings (SSSR count). The van der Waals surface area contributed by atoms with Gasteiger partial charge in [0.2, 0.25) is 5.95 Å². The first kappa shape index (κ1) is 22.0. The van der Waals surface area contributed by atoms with Gasteiger partial charge in [-0.25, -0.2) is 14.4 Å². The number of carbonyl (C=O) groups is 1. The van der Waals surface area contributed by atoms with E-state index in [-0.39, 0.29) is 17.9 Å². The number of anilines is 1. The van der Waals surface area contributed by atoms with Gasteiger partial charge in [0.15, 0.2) is 0 Å². The molecule has 11 heteroatoms. The van der Waals surface area contributed by atoms with Crippen LogP contribution in [0.15, 0.2) is 36.8 Å². The average molecular weight is 450 g/mol. The van der Waals surface area contributed by atoms with Crippen molar-refractivity contribution in [2.75, 3.05) is 31.1 Å². The number of aromatic nitrogens is 3. The standard InChI is InChI=1S/C21H22F4N6O/c1-13(26)11-31-12-17(16-3-2-15(22)8-18(16)31)19(32)29-4-6-30(7-5-29)20-27-9-14(10-28-20)21(23,24)25/h2-3,8-10,12-13H,4-7,11,26H2,1H3/t13-/m0/s1. The Kier molecular flexibility index (Phi) is 5.76. The molecule has 0 unspecified atom stereocenters.